The molecule has 0 amide bonds. The van der Waals surface area contributed by atoms with Crippen molar-refractivity contribution in [1.29, 1.82) is 0 Å². The lowest BCUT2D eigenvalue weighted by molar-refractivity contribution is -0.402. The summed E-state index contributed by atoms with van der Waals surface area (Å²) in [6.45, 7) is 2.90. The number of esters is 1. The van der Waals surface area contributed by atoms with Crippen LogP contribution in [0.4, 0.5) is 10.3 Å². The molecule has 0 saturated carbocycles. The van der Waals surface area contributed by atoms with E-state index in [1.54, 1.807) is 36.6 Å². The quantitative estimate of drug-likeness (QED) is 0.276. The van der Waals surface area contributed by atoms with Crippen LogP contribution in [0.15, 0.2) is 46.9 Å². The third-order valence-electron chi connectivity index (χ3n) is 4.11. The second kappa shape index (κ2) is 7.47. The van der Waals surface area contributed by atoms with Gasteiger partial charge in [0.1, 0.15) is 10.7 Å². The van der Waals surface area contributed by atoms with Crippen LogP contribution < -0.4 is 0 Å². The number of benzene rings is 1. The molecule has 0 saturated heterocycles. The largest absolute Gasteiger partial charge is 0.451 e. The average Bonchev–Trinajstić information content (AvgIpc) is 3.24. The highest BCUT2D eigenvalue weighted by Gasteiger charge is 2.22. The second-order valence-electron chi connectivity index (χ2n) is 5.99. The number of hydrogen-bond acceptors (Lipinski definition) is 6. The molecule has 8 nitrogen and oxygen atoms in total. The molecule has 144 valence electrons. The van der Waals surface area contributed by atoms with E-state index in [-0.39, 0.29) is 5.76 Å². The molecule has 0 spiro atoms. The Labute approximate surface area is 158 Å². The summed E-state index contributed by atoms with van der Waals surface area (Å²) in [5.41, 5.74) is 2.16. The number of nitrogens with zero attached hydrogens (tertiary/aromatic N) is 2. The maximum absolute atomic E-state index is 13.5. The fraction of sp³-hybridized carbons (Fsp3) is 0.158. The lowest BCUT2D eigenvalue weighted by Gasteiger charge is -2.10. The number of rotatable bonds is 6. The number of ether oxygens (including phenoxy) is 1. The van der Waals surface area contributed by atoms with Crippen LogP contribution in [0.1, 0.15) is 32.3 Å². The molecule has 0 aliphatic rings. The van der Waals surface area contributed by atoms with Gasteiger partial charge in [0, 0.05) is 22.6 Å². The van der Waals surface area contributed by atoms with Crippen LogP contribution >= 0.6 is 0 Å². The lowest BCUT2D eigenvalue weighted by Crippen LogP contribution is -2.14. The van der Waals surface area contributed by atoms with Crippen molar-refractivity contribution >= 4 is 17.6 Å². The molecule has 9 heteroatoms. The molecule has 0 atom stereocenters. The van der Waals surface area contributed by atoms with Crippen molar-refractivity contribution < 1.29 is 28.1 Å². The van der Waals surface area contributed by atoms with Gasteiger partial charge in [-0.25, -0.2) is 9.18 Å². The Morgan fingerprint density at radius 3 is 2.61 bits per heavy atom. The summed E-state index contributed by atoms with van der Waals surface area (Å²) in [6, 6.07) is 9.68. The van der Waals surface area contributed by atoms with Crippen molar-refractivity contribution in [3.63, 3.8) is 0 Å². The van der Waals surface area contributed by atoms with E-state index in [1.165, 1.54) is 12.1 Å². The lowest BCUT2D eigenvalue weighted by atomic mass is 10.1. The minimum absolute atomic E-state index is 0.319. The molecule has 28 heavy (non-hydrogen) atoms. The highest BCUT2D eigenvalue weighted by molar-refractivity contribution is 6.00. The molecule has 3 aromatic rings. The van der Waals surface area contributed by atoms with E-state index in [2.05, 4.69) is 0 Å². The predicted molar refractivity (Wildman–Crippen MR) is 95.2 cm³/mol. The molecule has 2 heterocycles. The summed E-state index contributed by atoms with van der Waals surface area (Å²) < 4.78 is 24.9. The van der Waals surface area contributed by atoms with Crippen LogP contribution in [-0.2, 0) is 4.74 Å². The number of furan rings is 1. The molecule has 0 radical (unpaired) electrons. The number of carbonyl (C=O) groups is 2. The molecule has 0 aliphatic carbocycles. The molecule has 1 aromatic carbocycles. The first-order valence-corrected chi connectivity index (χ1v) is 8.17. The molecule has 0 fully saturated rings. The smallest absolute Gasteiger partial charge is 0.433 e. The fourth-order valence-corrected chi connectivity index (χ4v) is 2.87. The molecule has 3 rings (SSSR count). The van der Waals surface area contributed by atoms with Gasteiger partial charge in [-0.1, -0.05) is 6.07 Å². The maximum atomic E-state index is 13.5. The van der Waals surface area contributed by atoms with Crippen LogP contribution in [0.5, 0.6) is 0 Å². The molecule has 0 aliphatic heterocycles. The molecule has 0 N–H and O–H groups in total. The van der Waals surface area contributed by atoms with Gasteiger partial charge in [-0.2, -0.15) is 0 Å². The highest BCUT2D eigenvalue weighted by Crippen LogP contribution is 2.22. The number of hydrogen-bond donors (Lipinski definition) is 0. The standard InChI is InChI=1S/C19H15FN2O6/c1-11-8-15(12(2)21(11)14-5-3-4-13(20)9-14)16(23)10-27-19(24)17-6-7-18(28-17)22(25)26/h3-9H,10H2,1-2H3. The fourth-order valence-electron chi connectivity index (χ4n) is 2.87. The minimum Gasteiger partial charge on any atom is -0.451 e. The van der Waals surface area contributed by atoms with Gasteiger partial charge < -0.3 is 13.7 Å². The number of ketones is 1. The Balaban J connectivity index is 1.75. The van der Waals surface area contributed by atoms with Gasteiger partial charge in [-0.15, -0.1) is 0 Å². The zero-order chi connectivity index (χ0) is 20.4. The molecular formula is C19H15FN2O6. The van der Waals surface area contributed by atoms with E-state index >= 15 is 0 Å². The first kappa shape index (κ1) is 19.0. The number of aromatic nitrogens is 1. The van der Waals surface area contributed by atoms with E-state index in [0.717, 1.165) is 12.1 Å². The van der Waals surface area contributed by atoms with E-state index in [9.17, 15) is 24.1 Å². The summed E-state index contributed by atoms with van der Waals surface area (Å²) in [7, 11) is 0. The molecule has 0 unspecified atom stereocenters. The first-order valence-electron chi connectivity index (χ1n) is 8.17. The van der Waals surface area contributed by atoms with E-state index < -0.39 is 35.0 Å². The number of halogens is 1. The number of nitro groups is 1. The predicted octanol–water partition coefficient (Wildman–Crippen LogP) is 3.77. The van der Waals surface area contributed by atoms with Gasteiger partial charge in [0.05, 0.1) is 6.07 Å². The van der Waals surface area contributed by atoms with Gasteiger partial charge >= 0.3 is 11.9 Å². The van der Waals surface area contributed by atoms with Crippen molar-refractivity contribution in [2.75, 3.05) is 6.61 Å². The van der Waals surface area contributed by atoms with Crippen molar-refractivity contribution in [2.24, 2.45) is 0 Å². The van der Waals surface area contributed by atoms with Crippen LogP contribution in [0.2, 0.25) is 0 Å². The Morgan fingerprint density at radius 2 is 1.96 bits per heavy atom. The van der Waals surface area contributed by atoms with E-state index in [4.69, 9.17) is 9.15 Å². The SMILES string of the molecule is Cc1cc(C(=O)COC(=O)c2ccc([N+](=O)[O-])o2)c(C)n1-c1cccc(F)c1. The van der Waals surface area contributed by atoms with Gasteiger partial charge in [0.2, 0.25) is 11.5 Å². The van der Waals surface area contributed by atoms with Crippen LogP contribution in [0.25, 0.3) is 5.69 Å². The summed E-state index contributed by atoms with van der Waals surface area (Å²) >= 11 is 0. The minimum atomic E-state index is -0.986. The number of aryl methyl sites for hydroxylation is 1. The zero-order valence-corrected chi connectivity index (χ0v) is 15.0. The Morgan fingerprint density at radius 1 is 1.21 bits per heavy atom. The van der Waals surface area contributed by atoms with Crippen LogP contribution in [0, 0.1) is 29.8 Å². The van der Waals surface area contributed by atoms with Gasteiger partial charge in [0.25, 0.3) is 0 Å². The zero-order valence-electron chi connectivity index (χ0n) is 15.0. The van der Waals surface area contributed by atoms with Gasteiger partial charge in [0.15, 0.2) is 6.61 Å². The van der Waals surface area contributed by atoms with Gasteiger partial charge in [-0.3, -0.25) is 14.9 Å². The number of Topliss-reactive ketones (excluding diaryl/α,β-unsaturated/α-hetero) is 1. The van der Waals surface area contributed by atoms with Crippen molar-refractivity contribution in [3.05, 3.63) is 81.1 Å². The summed E-state index contributed by atoms with van der Waals surface area (Å²) in [5.74, 6) is -2.83. The third kappa shape index (κ3) is 3.68. The first-order chi connectivity index (χ1) is 13.3. The maximum Gasteiger partial charge on any atom is 0.433 e. The van der Waals surface area contributed by atoms with Crippen molar-refractivity contribution in [2.45, 2.75) is 13.8 Å². The van der Waals surface area contributed by atoms with Gasteiger partial charge in [-0.05, 0) is 44.2 Å². The van der Waals surface area contributed by atoms with Crippen molar-refractivity contribution in [1.82, 2.24) is 4.57 Å². The van der Waals surface area contributed by atoms with E-state index in [1.807, 2.05) is 0 Å². The molecule has 2 aromatic heterocycles. The Hall–Kier alpha value is -3.75. The average molecular weight is 386 g/mol. The normalized spacial score (nSPS) is 10.7. The molecular weight excluding hydrogens is 371 g/mol. The van der Waals surface area contributed by atoms with Crippen LogP contribution in [-0.4, -0.2) is 27.8 Å². The monoisotopic (exact) mass is 386 g/mol. The highest BCUT2D eigenvalue weighted by atomic mass is 19.1. The molecule has 0 bridgehead atoms. The number of carbonyl (C=O) groups excluding carboxylic acids is 2. The van der Waals surface area contributed by atoms with E-state index in [0.29, 0.717) is 22.6 Å². The Kier molecular flexibility index (Phi) is 5.08. The summed E-state index contributed by atoms with van der Waals surface area (Å²) in [5, 5.41) is 10.6. The van der Waals surface area contributed by atoms with Crippen molar-refractivity contribution in [3.8, 4) is 5.69 Å². The van der Waals surface area contributed by atoms with Crippen LogP contribution in [0.3, 0.4) is 0 Å². The summed E-state index contributed by atoms with van der Waals surface area (Å²) in [6.07, 6.45) is 0. The second-order valence-corrected chi connectivity index (χ2v) is 5.99. The topological polar surface area (TPSA) is 105 Å². The third-order valence-corrected chi connectivity index (χ3v) is 4.11. The summed E-state index contributed by atoms with van der Waals surface area (Å²) in [4.78, 5) is 34.2. The Bertz CT molecular complexity index is 1080.